The van der Waals surface area contributed by atoms with Crippen molar-refractivity contribution in [2.75, 3.05) is 33.3 Å². The minimum Gasteiger partial charge on any atom is -0.497 e. The molecule has 0 saturated heterocycles. The molecule has 7 heteroatoms. The van der Waals surface area contributed by atoms with Crippen LogP contribution in [-0.4, -0.2) is 45.2 Å². The van der Waals surface area contributed by atoms with Gasteiger partial charge in [0.2, 0.25) is 0 Å². The average Bonchev–Trinajstić information content (AvgIpc) is 2.56. The van der Waals surface area contributed by atoms with Gasteiger partial charge in [-0.15, -0.1) is 30.6 Å². The van der Waals surface area contributed by atoms with E-state index in [9.17, 15) is 4.79 Å². The fourth-order valence-electron chi connectivity index (χ4n) is 1.71. The summed E-state index contributed by atoms with van der Waals surface area (Å²) in [7, 11) is 1.57. The molecular weight excluding hydrogens is 407 g/mol. The number of hydrogen-bond acceptors (Lipinski definition) is 3. The molecule has 0 aliphatic carbocycles. The summed E-state index contributed by atoms with van der Waals surface area (Å²) >= 11 is 0. The molecule has 0 radical (unpaired) electrons. The molecule has 3 N–H and O–H groups in total. The van der Waals surface area contributed by atoms with Crippen molar-refractivity contribution in [2.45, 2.75) is 6.92 Å². The van der Waals surface area contributed by atoms with E-state index in [4.69, 9.17) is 4.74 Å². The maximum Gasteiger partial charge on any atom is 0.251 e. The minimum absolute atomic E-state index is 0. The van der Waals surface area contributed by atoms with E-state index in [0.717, 1.165) is 6.54 Å². The lowest BCUT2D eigenvalue weighted by atomic mass is 10.2. The zero-order valence-corrected chi connectivity index (χ0v) is 15.9. The second-order valence-corrected chi connectivity index (χ2v) is 4.42. The highest BCUT2D eigenvalue weighted by atomic mass is 127. The first-order valence-electron chi connectivity index (χ1n) is 7.26. The number of ether oxygens (including phenoxy) is 1. The molecule has 0 spiro atoms. The van der Waals surface area contributed by atoms with Gasteiger partial charge in [-0.1, -0.05) is 12.1 Å². The second kappa shape index (κ2) is 12.7. The summed E-state index contributed by atoms with van der Waals surface area (Å²) in [6, 6.07) is 7.04. The fourth-order valence-corrected chi connectivity index (χ4v) is 1.71. The first-order chi connectivity index (χ1) is 10.7. The Bertz CT molecular complexity index is 521. The van der Waals surface area contributed by atoms with E-state index in [1.54, 1.807) is 37.5 Å². The summed E-state index contributed by atoms with van der Waals surface area (Å²) in [6.45, 7) is 8.01. The zero-order chi connectivity index (χ0) is 16.2. The van der Waals surface area contributed by atoms with Gasteiger partial charge in [-0.25, -0.2) is 0 Å². The van der Waals surface area contributed by atoms with Gasteiger partial charge in [-0.3, -0.25) is 9.79 Å². The van der Waals surface area contributed by atoms with E-state index in [0.29, 0.717) is 36.9 Å². The normalized spacial score (nSPS) is 10.3. The number of hydrogen-bond donors (Lipinski definition) is 3. The van der Waals surface area contributed by atoms with Crippen molar-refractivity contribution in [3.63, 3.8) is 0 Å². The number of methoxy groups -OCH3 is 1. The Morgan fingerprint density at radius 2 is 2.13 bits per heavy atom. The molecule has 1 aromatic rings. The Labute approximate surface area is 154 Å². The molecule has 1 aromatic carbocycles. The van der Waals surface area contributed by atoms with E-state index in [1.165, 1.54) is 0 Å². The number of nitrogens with one attached hydrogen (secondary N) is 3. The molecule has 0 heterocycles. The second-order valence-electron chi connectivity index (χ2n) is 4.42. The maximum absolute atomic E-state index is 12.0. The Morgan fingerprint density at radius 1 is 1.35 bits per heavy atom. The van der Waals surface area contributed by atoms with Crippen molar-refractivity contribution >= 4 is 35.8 Å². The van der Waals surface area contributed by atoms with Gasteiger partial charge >= 0.3 is 0 Å². The number of carbonyl (C=O) groups is 1. The van der Waals surface area contributed by atoms with E-state index in [1.807, 2.05) is 6.92 Å². The van der Waals surface area contributed by atoms with Crippen molar-refractivity contribution in [3.05, 3.63) is 42.5 Å². The lowest BCUT2D eigenvalue weighted by molar-refractivity contribution is 0.0954. The van der Waals surface area contributed by atoms with Crippen LogP contribution in [0.15, 0.2) is 41.9 Å². The first kappa shape index (κ1) is 21.2. The van der Waals surface area contributed by atoms with Gasteiger partial charge in [-0.2, -0.15) is 0 Å². The molecular formula is C16H25IN4O2. The molecule has 0 aromatic heterocycles. The van der Waals surface area contributed by atoms with Crippen molar-refractivity contribution < 1.29 is 9.53 Å². The summed E-state index contributed by atoms with van der Waals surface area (Å²) in [5, 5.41) is 9.04. The largest absolute Gasteiger partial charge is 0.497 e. The third-order valence-electron chi connectivity index (χ3n) is 2.76. The van der Waals surface area contributed by atoms with Crippen LogP contribution in [0.25, 0.3) is 0 Å². The van der Waals surface area contributed by atoms with Gasteiger partial charge in [-0.05, 0) is 25.1 Å². The fraction of sp³-hybridized carbons (Fsp3) is 0.375. The van der Waals surface area contributed by atoms with Gasteiger partial charge in [0.25, 0.3) is 5.91 Å². The zero-order valence-electron chi connectivity index (χ0n) is 13.6. The Hall–Kier alpha value is -1.77. The molecule has 0 saturated carbocycles. The van der Waals surface area contributed by atoms with E-state index < -0.39 is 0 Å². The van der Waals surface area contributed by atoms with Crippen molar-refractivity contribution in [2.24, 2.45) is 4.99 Å². The van der Waals surface area contributed by atoms with Crippen LogP contribution in [-0.2, 0) is 0 Å². The average molecular weight is 432 g/mol. The number of nitrogens with zero attached hydrogens (tertiary/aromatic N) is 1. The minimum atomic E-state index is -0.141. The summed E-state index contributed by atoms with van der Waals surface area (Å²) in [4.78, 5) is 16.4. The molecule has 128 valence electrons. The standard InChI is InChI=1S/C16H24N4O2.HI/c1-4-9-19-16(17-5-2)20-11-10-18-15(21)13-7-6-8-14(12-13)22-3;/h4,6-8,12H,1,5,9-11H2,2-3H3,(H,18,21)(H2,17,19,20);1H. The van der Waals surface area contributed by atoms with Crippen LogP contribution in [0.4, 0.5) is 0 Å². The predicted molar refractivity (Wildman–Crippen MR) is 105 cm³/mol. The molecule has 1 amide bonds. The monoisotopic (exact) mass is 432 g/mol. The number of carbonyl (C=O) groups excluding carboxylic acids is 1. The number of halogens is 1. The van der Waals surface area contributed by atoms with Crippen molar-refractivity contribution in [1.29, 1.82) is 0 Å². The molecule has 0 fully saturated rings. The summed E-state index contributed by atoms with van der Waals surface area (Å²) in [5.41, 5.74) is 0.569. The molecule has 1 rings (SSSR count). The van der Waals surface area contributed by atoms with Crippen LogP contribution >= 0.6 is 24.0 Å². The van der Waals surface area contributed by atoms with Crippen LogP contribution in [0.2, 0.25) is 0 Å². The van der Waals surface area contributed by atoms with Crippen LogP contribution in [0.1, 0.15) is 17.3 Å². The first-order valence-corrected chi connectivity index (χ1v) is 7.26. The summed E-state index contributed by atoms with van der Waals surface area (Å²) < 4.78 is 5.10. The summed E-state index contributed by atoms with van der Waals surface area (Å²) in [6.07, 6.45) is 1.76. The molecule has 0 aliphatic rings. The molecule has 0 aliphatic heterocycles. The number of rotatable bonds is 8. The van der Waals surface area contributed by atoms with Gasteiger partial charge in [0.1, 0.15) is 5.75 Å². The maximum atomic E-state index is 12.0. The van der Waals surface area contributed by atoms with Crippen LogP contribution in [0, 0.1) is 0 Å². The number of guanidine groups is 1. The lowest BCUT2D eigenvalue weighted by Crippen LogP contribution is -2.38. The quantitative estimate of drug-likeness (QED) is 0.193. The number of aliphatic imine (C=N–C) groups is 1. The molecule has 0 bridgehead atoms. The van der Waals surface area contributed by atoms with Crippen molar-refractivity contribution in [3.8, 4) is 5.75 Å². The van der Waals surface area contributed by atoms with Crippen molar-refractivity contribution in [1.82, 2.24) is 16.0 Å². The Kier molecular flexibility index (Phi) is 11.8. The molecule has 0 unspecified atom stereocenters. The Balaban J connectivity index is 0.00000484. The molecule has 6 nitrogen and oxygen atoms in total. The third kappa shape index (κ3) is 8.44. The van der Waals surface area contributed by atoms with Gasteiger partial charge in [0, 0.05) is 25.2 Å². The lowest BCUT2D eigenvalue weighted by Gasteiger charge is -2.10. The van der Waals surface area contributed by atoms with Crippen LogP contribution in [0.3, 0.4) is 0 Å². The SMILES string of the molecule is C=CCNC(=NCCNC(=O)c1cccc(OC)c1)NCC.I. The van der Waals surface area contributed by atoms with Gasteiger partial charge < -0.3 is 20.7 Å². The van der Waals surface area contributed by atoms with E-state index >= 15 is 0 Å². The topological polar surface area (TPSA) is 74.8 Å². The van der Waals surface area contributed by atoms with Gasteiger partial charge in [0.05, 0.1) is 13.7 Å². The van der Waals surface area contributed by atoms with E-state index in [-0.39, 0.29) is 29.9 Å². The highest BCUT2D eigenvalue weighted by Gasteiger charge is 2.05. The Morgan fingerprint density at radius 3 is 2.78 bits per heavy atom. The summed E-state index contributed by atoms with van der Waals surface area (Å²) in [5.74, 6) is 1.23. The van der Waals surface area contributed by atoms with Crippen LogP contribution < -0.4 is 20.7 Å². The number of amides is 1. The smallest absolute Gasteiger partial charge is 0.251 e. The third-order valence-corrected chi connectivity index (χ3v) is 2.76. The molecule has 23 heavy (non-hydrogen) atoms. The highest BCUT2D eigenvalue weighted by molar-refractivity contribution is 14.0. The van der Waals surface area contributed by atoms with Gasteiger partial charge in [0.15, 0.2) is 5.96 Å². The molecule has 0 atom stereocenters. The number of benzene rings is 1. The highest BCUT2D eigenvalue weighted by Crippen LogP contribution is 2.12. The predicted octanol–water partition coefficient (Wildman–Crippen LogP) is 1.78. The van der Waals surface area contributed by atoms with E-state index in [2.05, 4.69) is 27.5 Å². The van der Waals surface area contributed by atoms with Crippen LogP contribution in [0.5, 0.6) is 5.75 Å².